The summed E-state index contributed by atoms with van der Waals surface area (Å²) in [6, 6.07) is 16.5. The zero-order valence-electron chi connectivity index (χ0n) is 21.1. The lowest BCUT2D eigenvalue weighted by molar-refractivity contribution is -0.138. The Morgan fingerprint density at radius 1 is 1.19 bits per heavy atom. The van der Waals surface area contributed by atoms with Crippen LogP contribution < -0.4 is 4.74 Å². The van der Waals surface area contributed by atoms with Crippen LogP contribution in [-0.4, -0.2) is 40.7 Å². The highest BCUT2D eigenvalue weighted by molar-refractivity contribution is 5.69. The first-order valence-corrected chi connectivity index (χ1v) is 12.8. The molecule has 0 unspecified atom stereocenters. The number of nitrogens with zero attached hydrogens (tertiary/aromatic N) is 2. The molecule has 2 aromatic carbocycles. The van der Waals surface area contributed by atoms with Crippen LogP contribution in [0.1, 0.15) is 60.6 Å². The number of benzene rings is 2. The van der Waals surface area contributed by atoms with Gasteiger partial charge in [-0.05, 0) is 61.1 Å². The van der Waals surface area contributed by atoms with E-state index in [-0.39, 0.29) is 6.54 Å². The Bertz CT molecular complexity index is 1150. The molecule has 1 N–H and O–H groups in total. The minimum atomic E-state index is -0.855. The Morgan fingerprint density at radius 3 is 2.69 bits per heavy atom. The third kappa shape index (κ3) is 7.08. The highest BCUT2D eigenvalue weighted by Crippen LogP contribution is 2.33. The maximum atomic E-state index is 11.1. The molecular weight excluding hydrogens is 452 g/mol. The van der Waals surface area contributed by atoms with E-state index in [1.165, 1.54) is 37.7 Å². The van der Waals surface area contributed by atoms with Crippen LogP contribution in [0.4, 0.5) is 0 Å². The molecule has 36 heavy (non-hydrogen) atoms. The van der Waals surface area contributed by atoms with E-state index in [1.54, 1.807) is 6.08 Å². The second kappa shape index (κ2) is 12.5. The number of hydrogen-bond donors (Lipinski definition) is 1. The summed E-state index contributed by atoms with van der Waals surface area (Å²) >= 11 is 0. The van der Waals surface area contributed by atoms with Crippen molar-refractivity contribution in [1.29, 1.82) is 0 Å². The summed E-state index contributed by atoms with van der Waals surface area (Å²) < 4.78 is 12.0. The maximum Gasteiger partial charge on any atom is 0.317 e. The molecule has 0 amide bonds. The van der Waals surface area contributed by atoms with Crippen molar-refractivity contribution in [1.82, 2.24) is 9.88 Å². The van der Waals surface area contributed by atoms with Crippen molar-refractivity contribution in [3.05, 3.63) is 83.8 Å². The minimum absolute atomic E-state index is 0.0335. The first kappa shape index (κ1) is 25.7. The number of oxazole rings is 1. The number of aromatic nitrogens is 1. The van der Waals surface area contributed by atoms with Gasteiger partial charge in [-0.2, -0.15) is 0 Å². The van der Waals surface area contributed by atoms with Crippen molar-refractivity contribution in [2.45, 2.75) is 57.9 Å². The van der Waals surface area contributed by atoms with Gasteiger partial charge in [-0.15, -0.1) is 6.58 Å². The molecular formula is C30H36N2O4. The molecule has 0 atom stereocenters. The van der Waals surface area contributed by atoms with Gasteiger partial charge >= 0.3 is 5.97 Å². The molecule has 4 rings (SSSR count). The van der Waals surface area contributed by atoms with Crippen molar-refractivity contribution in [2.24, 2.45) is 0 Å². The summed E-state index contributed by atoms with van der Waals surface area (Å²) in [5, 5.41) is 9.12. The van der Waals surface area contributed by atoms with Crippen LogP contribution in [0.2, 0.25) is 0 Å². The summed E-state index contributed by atoms with van der Waals surface area (Å²) in [6.07, 6.45) is 8.96. The molecule has 6 nitrogen and oxygen atoms in total. The van der Waals surface area contributed by atoms with Crippen molar-refractivity contribution in [3.63, 3.8) is 0 Å². The molecule has 0 aliphatic heterocycles. The number of rotatable bonds is 12. The fraction of sp³-hybridized carbons (Fsp3) is 0.400. The highest BCUT2D eigenvalue weighted by atomic mass is 16.5. The Hall–Kier alpha value is -3.38. The predicted molar refractivity (Wildman–Crippen MR) is 141 cm³/mol. The number of ether oxygens (including phenoxy) is 1. The lowest BCUT2D eigenvalue weighted by Crippen LogP contribution is -2.29. The van der Waals surface area contributed by atoms with E-state index in [1.807, 2.05) is 36.1 Å². The lowest BCUT2D eigenvalue weighted by atomic mass is 9.84. The molecule has 0 saturated heterocycles. The minimum Gasteiger partial charge on any atom is -0.493 e. The molecule has 6 heteroatoms. The van der Waals surface area contributed by atoms with E-state index in [4.69, 9.17) is 19.2 Å². The van der Waals surface area contributed by atoms with Crippen LogP contribution in [0.5, 0.6) is 5.75 Å². The quantitative estimate of drug-likeness (QED) is 0.298. The standard InChI is InChI=1S/C30H36N2O4/c1-3-17-32(21-29(33)34)20-23-8-7-11-27(19-23)35-18-16-28-22(2)36-30(31-28)26-14-12-25(13-15-26)24-9-5-4-6-10-24/h3,7-8,11-15,19,24H,1,4-6,9-10,16-18,20-21H2,2H3,(H,33,34). The van der Waals surface area contributed by atoms with Gasteiger partial charge in [-0.3, -0.25) is 9.69 Å². The number of carboxylic acids is 1. The molecule has 1 saturated carbocycles. The largest absolute Gasteiger partial charge is 0.493 e. The van der Waals surface area contributed by atoms with Crippen molar-refractivity contribution in [2.75, 3.05) is 19.7 Å². The monoisotopic (exact) mass is 488 g/mol. The summed E-state index contributed by atoms with van der Waals surface area (Å²) in [6.45, 7) is 7.12. The lowest BCUT2D eigenvalue weighted by Gasteiger charge is -2.21. The molecule has 0 bridgehead atoms. The fourth-order valence-corrected chi connectivity index (χ4v) is 4.93. The summed E-state index contributed by atoms with van der Waals surface area (Å²) in [7, 11) is 0. The molecule has 190 valence electrons. The van der Waals surface area contributed by atoms with E-state index in [2.05, 4.69) is 30.8 Å². The molecule has 1 aliphatic carbocycles. The third-order valence-electron chi connectivity index (χ3n) is 6.79. The Balaban J connectivity index is 1.33. The first-order chi connectivity index (χ1) is 17.5. The van der Waals surface area contributed by atoms with Crippen LogP contribution in [0.25, 0.3) is 11.5 Å². The number of carboxylic acid groups (broad SMARTS) is 1. The summed E-state index contributed by atoms with van der Waals surface area (Å²) in [5.41, 5.74) is 4.32. The Morgan fingerprint density at radius 2 is 1.97 bits per heavy atom. The molecule has 1 fully saturated rings. The van der Waals surface area contributed by atoms with E-state index in [0.717, 1.165) is 28.3 Å². The SMILES string of the molecule is C=CCN(CC(=O)O)Cc1cccc(OCCc2nc(-c3ccc(C4CCCCC4)cc3)oc2C)c1. The molecule has 3 aromatic rings. The van der Waals surface area contributed by atoms with Gasteiger partial charge in [0, 0.05) is 25.1 Å². The van der Waals surface area contributed by atoms with Crippen LogP contribution in [-0.2, 0) is 17.8 Å². The molecule has 0 spiro atoms. The second-order valence-corrected chi connectivity index (χ2v) is 9.58. The fourth-order valence-electron chi connectivity index (χ4n) is 4.93. The third-order valence-corrected chi connectivity index (χ3v) is 6.79. The van der Waals surface area contributed by atoms with Crippen LogP contribution in [0.15, 0.2) is 65.6 Å². The van der Waals surface area contributed by atoms with E-state index < -0.39 is 5.97 Å². The number of aliphatic carboxylic acids is 1. The topological polar surface area (TPSA) is 75.8 Å². The maximum absolute atomic E-state index is 11.1. The Labute approximate surface area is 213 Å². The molecule has 1 heterocycles. The molecule has 1 aromatic heterocycles. The Kier molecular flexibility index (Phi) is 8.95. The van der Waals surface area contributed by atoms with Gasteiger partial charge in [0.15, 0.2) is 0 Å². The number of hydrogen-bond acceptors (Lipinski definition) is 5. The van der Waals surface area contributed by atoms with Crippen molar-refractivity contribution < 1.29 is 19.1 Å². The summed E-state index contributed by atoms with van der Waals surface area (Å²) in [4.78, 5) is 17.7. The van der Waals surface area contributed by atoms with E-state index in [0.29, 0.717) is 37.9 Å². The smallest absolute Gasteiger partial charge is 0.317 e. The van der Waals surface area contributed by atoms with E-state index in [9.17, 15) is 4.79 Å². The van der Waals surface area contributed by atoms with Gasteiger partial charge in [0.1, 0.15) is 11.5 Å². The highest BCUT2D eigenvalue weighted by Gasteiger charge is 2.17. The number of aryl methyl sites for hydroxylation is 1. The predicted octanol–water partition coefficient (Wildman–Crippen LogP) is 6.39. The second-order valence-electron chi connectivity index (χ2n) is 9.58. The van der Waals surface area contributed by atoms with Gasteiger partial charge < -0.3 is 14.3 Å². The van der Waals surface area contributed by atoms with Gasteiger partial charge in [0.25, 0.3) is 0 Å². The normalized spacial score (nSPS) is 14.2. The van der Waals surface area contributed by atoms with Crippen LogP contribution in [0.3, 0.4) is 0 Å². The van der Waals surface area contributed by atoms with Gasteiger partial charge in [-0.25, -0.2) is 4.98 Å². The first-order valence-electron chi connectivity index (χ1n) is 12.8. The van der Waals surface area contributed by atoms with Crippen molar-refractivity contribution >= 4 is 5.97 Å². The van der Waals surface area contributed by atoms with Gasteiger partial charge in [-0.1, -0.05) is 49.6 Å². The van der Waals surface area contributed by atoms with Crippen LogP contribution in [0, 0.1) is 6.92 Å². The molecule has 1 aliphatic rings. The van der Waals surface area contributed by atoms with Gasteiger partial charge in [0.05, 0.1) is 18.8 Å². The zero-order valence-corrected chi connectivity index (χ0v) is 21.1. The van der Waals surface area contributed by atoms with Gasteiger partial charge in [0.2, 0.25) is 5.89 Å². The average molecular weight is 489 g/mol. The summed E-state index contributed by atoms with van der Waals surface area (Å²) in [5.74, 6) is 2.05. The average Bonchev–Trinajstić information content (AvgIpc) is 3.25. The van der Waals surface area contributed by atoms with Crippen molar-refractivity contribution in [3.8, 4) is 17.2 Å². The number of carbonyl (C=O) groups is 1. The molecule has 0 radical (unpaired) electrons. The van der Waals surface area contributed by atoms with E-state index >= 15 is 0 Å². The van der Waals surface area contributed by atoms with Crippen LogP contribution >= 0.6 is 0 Å². The zero-order chi connectivity index (χ0) is 25.3.